The van der Waals surface area contributed by atoms with Crippen molar-refractivity contribution in [2.24, 2.45) is 5.73 Å². The number of halogens is 1. The zero-order valence-electron chi connectivity index (χ0n) is 9.04. The van der Waals surface area contributed by atoms with Crippen molar-refractivity contribution in [2.45, 2.75) is 38.6 Å². The predicted molar refractivity (Wildman–Crippen MR) is 64.2 cm³/mol. The second kappa shape index (κ2) is 5.99. The van der Waals surface area contributed by atoms with E-state index >= 15 is 0 Å². The van der Waals surface area contributed by atoms with E-state index in [9.17, 15) is 5.11 Å². The Kier molecular flexibility index (Phi) is 4.92. The minimum Gasteiger partial charge on any atom is -0.506 e. The summed E-state index contributed by atoms with van der Waals surface area (Å²) >= 11 is 5.81. The van der Waals surface area contributed by atoms with Gasteiger partial charge in [-0.3, -0.25) is 0 Å². The molecule has 0 aliphatic heterocycles. The van der Waals surface area contributed by atoms with Gasteiger partial charge in [-0.2, -0.15) is 0 Å². The van der Waals surface area contributed by atoms with Gasteiger partial charge < -0.3 is 10.8 Å². The first kappa shape index (κ1) is 12.3. The number of para-hydroxylation sites is 1. The van der Waals surface area contributed by atoms with Crippen LogP contribution in [0.3, 0.4) is 0 Å². The summed E-state index contributed by atoms with van der Waals surface area (Å²) in [6.07, 6.45) is 4.33. The first-order chi connectivity index (χ1) is 7.16. The van der Waals surface area contributed by atoms with Crippen LogP contribution in [0, 0.1) is 0 Å². The second-order valence-electron chi connectivity index (χ2n) is 3.78. The lowest BCUT2D eigenvalue weighted by Gasteiger charge is -2.13. The summed E-state index contributed by atoms with van der Waals surface area (Å²) in [5, 5.41) is 10.1. The zero-order valence-corrected chi connectivity index (χ0v) is 9.80. The van der Waals surface area contributed by atoms with Crippen molar-refractivity contribution in [1.82, 2.24) is 0 Å². The van der Waals surface area contributed by atoms with Gasteiger partial charge >= 0.3 is 0 Å². The van der Waals surface area contributed by atoms with E-state index in [1.807, 2.05) is 12.1 Å². The Bertz CT molecular complexity index is 314. The lowest BCUT2D eigenvalue weighted by Crippen LogP contribution is -2.10. The molecular formula is C12H18ClNO. The molecule has 0 amide bonds. The fraction of sp³-hybridized carbons (Fsp3) is 0.500. The number of nitrogens with two attached hydrogens (primary N) is 1. The summed E-state index contributed by atoms with van der Waals surface area (Å²) in [6.45, 7) is 2.16. The minimum absolute atomic E-state index is 0.116. The van der Waals surface area contributed by atoms with Gasteiger partial charge in [0.25, 0.3) is 0 Å². The summed E-state index contributed by atoms with van der Waals surface area (Å²) in [6, 6.07) is 5.20. The van der Waals surface area contributed by atoms with E-state index in [1.54, 1.807) is 6.07 Å². The van der Waals surface area contributed by atoms with Crippen molar-refractivity contribution in [2.75, 3.05) is 0 Å². The highest BCUT2D eigenvalue weighted by Crippen LogP contribution is 2.32. The third-order valence-electron chi connectivity index (χ3n) is 2.54. The SMILES string of the molecule is CCCCC[C@H](N)c1cccc(Cl)c1O. The number of rotatable bonds is 5. The average molecular weight is 228 g/mol. The first-order valence-corrected chi connectivity index (χ1v) is 5.77. The van der Waals surface area contributed by atoms with Crippen LogP contribution in [0.1, 0.15) is 44.2 Å². The predicted octanol–water partition coefficient (Wildman–Crippen LogP) is 3.63. The largest absolute Gasteiger partial charge is 0.506 e. The summed E-state index contributed by atoms with van der Waals surface area (Å²) < 4.78 is 0. The molecule has 0 bridgehead atoms. The van der Waals surface area contributed by atoms with Crippen LogP contribution in [0.2, 0.25) is 5.02 Å². The van der Waals surface area contributed by atoms with Crippen LogP contribution >= 0.6 is 11.6 Å². The van der Waals surface area contributed by atoms with Gasteiger partial charge in [0.1, 0.15) is 5.75 Å². The Labute approximate surface area is 96.1 Å². The molecule has 0 saturated carbocycles. The third-order valence-corrected chi connectivity index (χ3v) is 2.84. The minimum atomic E-state index is -0.116. The lowest BCUT2D eigenvalue weighted by molar-refractivity contribution is 0.456. The molecular weight excluding hydrogens is 210 g/mol. The summed E-state index contributed by atoms with van der Waals surface area (Å²) in [5.74, 6) is 0.128. The molecule has 0 aromatic heterocycles. The van der Waals surface area contributed by atoms with E-state index in [-0.39, 0.29) is 11.8 Å². The topological polar surface area (TPSA) is 46.2 Å². The van der Waals surface area contributed by atoms with Crippen molar-refractivity contribution in [3.8, 4) is 5.75 Å². The molecule has 1 atom stereocenters. The van der Waals surface area contributed by atoms with Gasteiger partial charge in [-0.1, -0.05) is 49.9 Å². The van der Waals surface area contributed by atoms with E-state index in [1.165, 1.54) is 12.8 Å². The van der Waals surface area contributed by atoms with Crippen molar-refractivity contribution < 1.29 is 5.11 Å². The molecule has 3 N–H and O–H groups in total. The number of hydrogen-bond donors (Lipinski definition) is 2. The normalized spacial score (nSPS) is 12.7. The van der Waals surface area contributed by atoms with Crippen molar-refractivity contribution in [3.05, 3.63) is 28.8 Å². The van der Waals surface area contributed by atoms with Gasteiger partial charge in [0, 0.05) is 11.6 Å². The molecule has 0 radical (unpaired) electrons. The van der Waals surface area contributed by atoms with Gasteiger partial charge in [-0.15, -0.1) is 0 Å². The summed E-state index contributed by atoms with van der Waals surface area (Å²) in [7, 11) is 0. The molecule has 15 heavy (non-hydrogen) atoms. The molecule has 84 valence electrons. The number of benzene rings is 1. The van der Waals surface area contributed by atoms with Crippen molar-refractivity contribution >= 4 is 11.6 Å². The van der Waals surface area contributed by atoms with Crippen LogP contribution < -0.4 is 5.73 Å². The van der Waals surface area contributed by atoms with Gasteiger partial charge in [0.2, 0.25) is 0 Å². The third kappa shape index (κ3) is 3.40. The van der Waals surface area contributed by atoms with E-state index in [2.05, 4.69) is 6.92 Å². The van der Waals surface area contributed by atoms with Crippen molar-refractivity contribution in [1.29, 1.82) is 0 Å². The molecule has 0 saturated heterocycles. The van der Waals surface area contributed by atoms with Crippen LogP contribution in [0.15, 0.2) is 18.2 Å². The molecule has 0 heterocycles. The maximum absolute atomic E-state index is 9.71. The molecule has 0 spiro atoms. The van der Waals surface area contributed by atoms with Crippen LogP contribution in [0.4, 0.5) is 0 Å². The van der Waals surface area contributed by atoms with E-state index in [0.29, 0.717) is 5.02 Å². The molecule has 2 nitrogen and oxygen atoms in total. The smallest absolute Gasteiger partial charge is 0.138 e. The highest BCUT2D eigenvalue weighted by Gasteiger charge is 2.12. The van der Waals surface area contributed by atoms with Gasteiger partial charge in [0.05, 0.1) is 5.02 Å². The highest BCUT2D eigenvalue weighted by molar-refractivity contribution is 6.32. The second-order valence-corrected chi connectivity index (χ2v) is 4.19. The molecule has 1 rings (SSSR count). The van der Waals surface area contributed by atoms with Crippen LogP contribution in [0.25, 0.3) is 0 Å². The molecule has 3 heteroatoms. The molecule has 1 aromatic rings. The van der Waals surface area contributed by atoms with Crippen LogP contribution in [-0.4, -0.2) is 5.11 Å². The van der Waals surface area contributed by atoms with Crippen LogP contribution in [0.5, 0.6) is 5.75 Å². The number of unbranched alkanes of at least 4 members (excludes halogenated alkanes) is 2. The maximum Gasteiger partial charge on any atom is 0.138 e. The first-order valence-electron chi connectivity index (χ1n) is 5.39. The van der Waals surface area contributed by atoms with Gasteiger partial charge in [-0.25, -0.2) is 0 Å². The Morgan fingerprint density at radius 1 is 1.40 bits per heavy atom. The number of hydrogen-bond acceptors (Lipinski definition) is 2. The van der Waals surface area contributed by atoms with Crippen LogP contribution in [-0.2, 0) is 0 Å². The molecule has 0 aliphatic rings. The van der Waals surface area contributed by atoms with E-state index < -0.39 is 0 Å². The molecule has 0 aliphatic carbocycles. The maximum atomic E-state index is 9.71. The number of aromatic hydroxyl groups is 1. The number of phenolic OH excluding ortho intramolecular Hbond substituents is 1. The van der Waals surface area contributed by atoms with Gasteiger partial charge in [0.15, 0.2) is 0 Å². The molecule has 0 fully saturated rings. The zero-order chi connectivity index (χ0) is 11.3. The Morgan fingerprint density at radius 2 is 2.13 bits per heavy atom. The van der Waals surface area contributed by atoms with Crippen molar-refractivity contribution in [3.63, 3.8) is 0 Å². The fourth-order valence-electron chi connectivity index (χ4n) is 1.60. The number of phenols is 1. The summed E-state index contributed by atoms with van der Waals surface area (Å²) in [4.78, 5) is 0. The molecule has 1 aromatic carbocycles. The Balaban J connectivity index is 2.65. The highest BCUT2D eigenvalue weighted by atomic mass is 35.5. The monoisotopic (exact) mass is 227 g/mol. The fourth-order valence-corrected chi connectivity index (χ4v) is 1.78. The van der Waals surface area contributed by atoms with E-state index in [4.69, 9.17) is 17.3 Å². The van der Waals surface area contributed by atoms with Gasteiger partial charge in [-0.05, 0) is 12.5 Å². The quantitative estimate of drug-likeness (QED) is 0.755. The Morgan fingerprint density at radius 3 is 2.80 bits per heavy atom. The summed E-state index contributed by atoms with van der Waals surface area (Å²) in [5.41, 5.74) is 6.74. The van der Waals surface area contributed by atoms with E-state index in [0.717, 1.165) is 18.4 Å². The Hall–Kier alpha value is -0.730. The average Bonchev–Trinajstić information content (AvgIpc) is 2.22. The standard InChI is InChI=1S/C12H18ClNO/c1-2-3-4-8-11(14)9-6-5-7-10(13)12(9)15/h5-7,11,15H,2-4,8,14H2,1H3/t11-/m0/s1. The molecule has 0 unspecified atom stereocenters. The lowest BCUT2D eigenvalue weighted by atomic mass is 10.0.